The highest BCUT2D eigenvalue weighted by Crippen LogP contribution is 2.37. The molecule has 0 bridgehead atoms. The average Bonchev–Trinajstić information content (AvgIpc) is 3.02. The maximum atomic E-state index is 12.2. The molecule has 2 aliphatic rings. The normalized spacial score (nSPS) is 21.0. The molecule has 3 heterocycles. The number of hydrogen-bond donors (Lipinski definition) is 3. The van der Waals surface area contributed by atoms with Crippen LogP contribution in [-0.2, 0) is 4.79 Å². The van der Waals surface area contributed by atoms with Crippen LogP contribution in [0.3, 0.4) is 0 Å². The monoisotopic (exact) mass is 278 g/mol. The van der Waals surface area contributed by atoms with Crippen molar-refractivity contribution in [2.75, 3.05) is 10.6 Å². The zero-order valence-electron chi connectivity index (χ0n) is 10.8. The maximum Gasteiger partial charge on any atom is 0.259 e. The largest absolute Gasteiger partial charge is 0.410 e. The van der Waals surface area contributed by atoms with Gasteiger partial charge in [0.2, 0.25) is 0 Å². The highest BCUT2D eigenvalue weighted by Gasteiger charge is 2.34. The van der Waals surface area contributed by atoms with Gasteiger partial charge in [0.05, 0.1) is 11.3 Å². The fraction of sp³-hybridized carbons (Fsp3) is 0. The topological polar surface area (TPSA) is 86.6 Å². The molecule has 21 heavy (non-hydrogen) atoms. The summed E-state index contributed by atoms with van der Waals surface area (Å²) >= 11 is 0. The second-order valence-corrected chi connectivity index (χ2v) is 4.72. The number of carbonyl (C=O) groups is 1. The van der Waals surface area contributed by atoms with Crippen molar-refractivity contribution in [2.24, 2.45) is 5.16 Å². The molecule has 0 saturated carbocycles. The molecule has 3 N–H and O–H groups in total. The van der Waals surface area contributed by atoms with Gasteiger partial charge in [-0.25, -0.2) is 4.98 Å². The number of nitrogens with one attached hydrogen (secondary N) is 2. The Balaban J connectivity index is 1.97. The summed E-state index contributed by atoms with van der Waals surface area (Å²) in [6, 6.07) is 11.0. The summed E-state index contributed by atoms with van der Waals surface area (Å²) < 4.78 is 0. The number of benzene rings is 1. The number of amides is 1. The molecule has 2 aromatic rings. The molecule has 0 aliphatic carbocycles. The molecule has 0 saturated heterocycles. The number of fused-ring (bicyclic) bond motifs is 2. The van der Waals surface area contributed by atoms with E-state index in [2.05, 4.69) is 20.8 Å². The van der Waals surface area contributed by atoms with Crippen LogP contribution in [0.5, 0.6) is 0 Å². The molecule has 0 atom stereocenters. The van der Waals surface area contributed by atoms with E-state index < -0.39 is 0 Å². The molecule has 0 radical (unpaired) electrons. The minimum Gasteiger partial charge on any atom is -0.410 e. The first kappa shape index (κ1) is 11.7. The number of carbonyl (C=O) groups excluding carboxylic acids is 1. The Morgan fingerprint density at radius 3 is 2.71 bits per heavy atom. The van der Waals surface area contributed by atoms with Crippen LogP contribution >= 0.6 is 0 Å². The first-order valence-corrected chi connectivity index (χ1v) is 6.39. The number of anilines is 2. The van der Waals surface area contributed by atoms with Gasteiger partial charge in [0.15, 0.2) is 0 Å². The van der Waals surface area contributed by atoms with Gasteiger partial charge in [-0.2, -0.15) is 0 Å². The third-order valence-corrected chi connectivity index (χ3v) is 3.56. The van der Waals surface area contributed by atoms with Crippen molar-refractivity contribution in [1.29, 1.82) is 0 Å². The van der Waals surface area contributed by atoms with Gasteiger partial charge in [-0.15, -0.1) is 0 Å². The Bertz CT molecular complexity index is 839. The van der Waals surface area contributed by atoms with Gasteiger partial charge in [-0.3, -0.25) is 4.79 Å². The van der Waals surface area contributed by atoms with E-state index in [9.17, 15) is 10.0 Å². The lowest BCUT2D eigenvalue weighted by molar-refractivity contribution is -0.110. The first-order valence-electron chi connectivity index (χ1n) is 6.39. The minimum atomic E-state index is -0.264. The van der Waals surface area contributed by atoms with Crippen LogP contribution in [0.15, 0.2) is 53.4 Å². The lowest BCUT2D eigenvalue weighted by atomic mass is 10.0. The van der Waals surface area contributed by atoms with E-state index in [0.717, 1.165) is 11.3 Å². The van der Waals surface area contributed by atoms with Gasteiger partial charge >= 0.3 is 0 Å². The van der Waals surface area contributed by atoms with Gasteiger partial charge in [0.1, 0.15) is 11.5 Å². The summed E-state index contributed by atoms with van der Waals surface area (Å²) in [5.74, 6) is 0.250. The fourth-order valence-corrected chi connectivity index (χ4v) is 2.66. The van der Waals surface area contributed by atoms with E-state index in [-0.39, 0.29) is 5.91 Å². The molecule has 1 aromatic heterocycles. The van der Waals surface area contributed by atoms with Crippen LogP contribution in [-0.4, -0.2) is 21.8 Å². The maximum absolute atomic E-state index is 12.2. The predicted octanol–water partition coefficient (Wildman–Crippen LogP) is 2.05. The number of rotatable bonds is 0. The number of nitrogens with zero attached hydrogens (tertiary/aromatic N) is 2. The summed E-state index contributed by atoms with van der Waals surface area (Å²) in [7, 11) is 0. The van der Waals surface area contributed by atoms with Crippen molar-refractivity contribution < 1.29 is 10.0 Å². The van der Waals surface area contributed by atoms with E-state index in [1.807, 2.05) is 30.3 Å². The summed E-state index contributed by atoms with van der Waals surface area (Å²) in [6.07, 6.45) is 1.62. The van der Waals surface area contributed by atoms with Crippen LogP contribution in [0, 0.1) is 0 Å². The highest BCUT2D eigenvalue weighted by atomic mass is 16.4. The van der Waals surface area contributed by atoms with Crippen molar-refractivity contribution in [2.45, 2.75) is 0 Å². The molecule has 1 amide bonds. The number of para-hydroxylation sites is 1. The molecule has 1 aromatic carbocycles. The molecule has 0 unspecified atom stereocenters. The smallest absolute Gasteiger partial charge is 0.259 e. The standard InChI is InChI=1S/C15H10N4O2/c20-15-11(9-5-3-7-16-14(9)18-15)13-12(19-21)8-4-1-2-6-10(8)17-13/h1-7,17,21H,(H,16,18,20)/b13-11-,19-12-. The van der Waals surface area contributed by atoms with E-state index in [0.29, 0.717) is 28.4 Å². The fourth-order valence-electron chi connectivity index (χ4n) is 2.66. The van der Waals surface area contributed by atoms with Crippen LogP contribution in [0.1, 0.15) is 11.1 Å². The molecular formula is C15H10N4O2. The predicted molar refractivity (Wildman–Crippen MR) is 78.2 cm³/mol. The number of oxime groups is 1. The van der Waals surface area contributed by atoms with Crippen LogP contribution in [0.25, 0.3) is 5.57 Å². The molecular weight excluding hydrogens is 268 g/mol. The van der Waals surface area contributed by atoms with Gasteiger partial charge in [-0.05, 0) is 18.2 Å². The lowest BCUT2D eigenvalue weighted by Gasteiger charge is -2.04. The van der Waals surface area contributed by atoms with Crippen molar-refractivity contribution in [3.8, 4) is 0 Å². The highest BCUT2D eigenvalue weighted by molar-refractivity contribution is 6.39. The van der Waals surface area contributed by atoms with Crippen LogP contribution in [0.4, 0.5) is 11.5 Å². The average molecular weight is 278 g/mol. The number of hydrogen-bond acceptors (Lipinski definition) is 5. The zero-order valence-corrected chi connectivity index (χ0v) is 10.8. The SMILES string of the molecule is O=C1Nc2ncccc2/C1=C1/Nc2ccccc2/C1=N/O. The van der Waals surface area contributed by atoms with Crippen molar-refractivity contribution in [3.63, 3.8) is 0 Å². The van der Waals surface area contributed by atoms with Gasteiger partial charge < -0.3 is 15.8 Å². The van der Waals surface area contributed by atoms with Crippen molar-refractivity contribution >= 4 is 28.7 Å². The Kier molecular flexibility index (Phi) is 2.32. The molecule has 4 rings (SSSR count). The van der Waals surface area contributed by atoms with E-state index in [1.54, 1.807) is 12.3 Å². The summed E-state index contributed by atoms with van der Waals surface area (Å²) in [4.78, 5) is 16.4. The van der Waals surface area contributed by atoms with Crippen LogP contribution in [0.2, 0.25) is 0 Å². The van der Waals surface area contributed by atoms with Gasteiger partial charge in [0, 0.05) is 23.0 Å². The zero-order chi connectivity index (χ0) is 14.4. The van der Waals surface area contributed by atoms with Crippen molar-refractivity contribution in [1.82, 2.24) is 4.98 Å². The summed E-state index contributed by atoms with van der Waals surface area (Å²) in [5.41, 5.74) is 3.53. The molecule has 2 aliphatic heterocycles. The molecule has 102 valence electrons. The Hall–Kier alpha value is -3.15. The second-order valence-electron chi connectivity index (χ2n) is 4.72. The van der Waals surface area contributed by atoms with E-state index >= 15 is 0 Å². The minimum absolute atomic E-state index is 0.264. The number of aromatic nitrogens is 1. The number of allylic oxidation sites excluding steroid dienone is 1. The van der Waals surface area contributed by atoms with E-state index in [1.165, 1.54) is 0 Å². The summed E-state index contributed by atoms with van der Waals surface area (Å²) in [6.45, 7) is 0. The Labute approximate surface area is 119 Å². The Morgan fingerprint density at radius 1 is 1.05 bits per heavy atom. The number of pyridine rings is 1. The van der Waals surface area contributed by atoms with Crippen LogP contribution < -0.4 is 10.6 Å². The van der Waals surface area contributed by atoms with Gasteiger partial charge in [-0.1, -0.05) is 23.4 Å². The van der Waals surface area contributed by atoms with Gasteiger partial charge in [0.25, 0.3) is 5.91 Å². The molecule has 0 fully saturated rings. The second kappa shape index (κ2) is 4.17. The third-order valence-electron chi connectivity index (χ3n) is 3.56. The quantitative estimate of drug-likeness (QED) is 0.391. The molecule has 6 heteroatoms. The first-order chi connectivity index (χ1) is 10.3. The third kappa shape index (κ3) is 1.56. The van der Waals surface area contributed by atoms with E-state index in [4.69, 9.17) is 0 Å². The molecule has 6 nitrogen and oxygen atoms in total. The summed E-state index contributed by atoms with van der Waals surface area (Å²) in [5, 5.41) is 18.6. The molecule has 0 spiro atoms. The lowest BCUT2D eigenvalue weighted by Crippen LogP contribution is -2.12. The Morgan fingerprint density at radius 2 is 1.86 bits per heavy atom. The van der Waals surface area contributed by atoms with Crippen molar-refractivity contribution in [3.05, 3.63) is 59.4 Å².